The van der Waals surface area contributed by atoms with Gasteiger partial charge in [-0.3, -0.25) is 0 Å². The molecule has 0 aliphatic carbocycles. The molecule has 0 fully saturated rings. The van der Waals surface area contributed by atoms with Gasteiger partial charge in [-0.05, 0) is 24.3 Å². The van der Waals surface area contributed by atoms with E-state index in [1.807, 2.05) is 42.5 Å². The van der Waals surface area contributed by atoms with E-state index in [4.69, 9.17) is 16.7 Å². The molecule has 0 amide bonds. The highest BCUT2D eigenvalue weighted by atomic mass is 16.3. The molecule has 96 valence electrons. The van der Waals surface area contributed by atoms with Crippen LogP contribution in [0.2, 0.25) is 0 Å². The Hall–Kier alpha value is -2.68. The maximum absolute atomic E-state index is 6.07. The summed E-state index contributed by atoms with van der Waals surface area (Å²) in [6.45, 7) is 0. The highest BCUT2D eigenvalue weighted by Gasteiger charge is 2.15. The molecular formula is C18H9BO2. The summed E-state index contributed by atoms with van der Waals surface area (Å²) in [6.07, 6.45) is 0. The Bertz CT molecular complexity index is 1150. The molecule has 5 rings (SSSR count). The lowest BCUT2D eigenvalue weighted by molar-refractivity contribution is 0.663. The number of hydrogen-bond donors (Lipinski definition) is 0. The molecule has 0 aliphatic heterocycles. The number of fused-ring (bicyclic) bond motifs is 7. The van der Waals surface area contributed by atoms with Crippen LogP contribution >= 0.6 is 0 Å². The van der Waals surface area contributed by atoms with Crippen LogP contribution in [0.1, 0.15) is 0 Å². The summed E-state index contributed by atoms with van der Waals surface area (Å²) < 4.78 is 12.0. The molecule has 21 heavy (non-hydrogen) atoms. The standard InChI is InChI=1S/C18H9BO2/c19-10-5-7-15-13(9-10)17-16(20-15)8-6-12-11-3-1-2-4-14(11)21-18(12)17/h1-9H. The molecule has 2 aromatic heterocycles. The Kier molecular flexibility index (Phi) is 1.94. The average molecular weight is 268 g/mol. The summed E-state index contributed by atoms with van der Waals surface area (Å²) >= 11 is 0. The molecule has 0 spiro atoms. The first-order valence-electron chi connectivity index (χ1n) is 6.83. The number of furan rings is 2. The predicted molar refractivity (Wildman–Crippen MR) is 86.4 cm³/mol. The van der Waals surface area contributed by atoms with E-state index in [1.165, 1.54) is 0 Å². The van der Waals surface area contributed by atoms with Crippen LogP contribution in [0, 0.1) is 0 Å². The first-order chi connectivity index (χ1) is 10.3. The van der Waals surface area contributed by atoms with Crippen molar-refractivity contribution in [2.75, 3.05) is 0 Å². The van der Waals surface area contributed by atoms with Crippen LogP contribution in [0.3, 0.4) is 0 Å². The number of rotatable bonds is 0. The lowest BCUT2D eigenvalue weighted by atomic mass is 9.94. The molecule has 2 nitrogen and oxygen atoms in total. The quantitative estimate of drug-likeness (QED) is 0.392. The Morgan fingerprint density at radius 2 is 1.48 bits per heavy atom. The summed E-state index contributed by atoms with van der Waals surface area (Å²) in [5.74, 6) is 0. The fourth-order valence-electron chi connectivity index (χ4n) is 3.06. The Balaban J connectivity index is 2.11. The van der Waals surface area contributed by atoms with E-state index in [0.717, 1.165) is 49.3 Å². The zero-order valence-corrected chi connectivity index (χ0v) is 11.1. The summed E-state index contributed by atoms with van der Waals surface area (Å²) in [4.78, 5) is 0. The van der Waals surface area contributed by atoms with E-state index in [-0.39, 0.29) is 0 Å². The van der Waals surface area contributed by atoms with Gasteiger partial charge in [-0.25, -0.2) is 0 Å². The van der Waals surface area contributed by atoms with Gasteiger partial charge in [0.05, 0.1) is 5.39 Å². The summed E-state index contributed by atoms with van der Waals surface area (Å²) in [7, 11) is 5.92. The number of para-hydroxylation sites is 1. The molecule has 0 saturated heterocycles. The zero-order chi connectivity index (χ0) is 14.0. The molecule has 5 aromatic rings. The Morgan fingerprint density at radius 1 is 0.667 bits per heavy atom. The molecular weight excluding hydrogens is 259 g/mol. The molecule has 2 heterocycles. The summed E-state index contributed by atoms with van der Waals surface area (Å²) in [5.41, 5.74) is 4.11. The Labute approximate surface area is 121 Å². The van der Waals surface area contributed by atoms with Crippen molar-refractivity contribution < 1.29 is 8.83 Å². The van der Waals surface area contributed by atoms with Gasteiger partial charge in [0, 0.05) is 16.2 Å². The van der Waals surface area contributed by atoms with Crippen molar-refractivity contribution in [3.8, 4) is 0 Å². The topological polar surface area (TPSA) is 26.3 Å². The van der Waals surface area contributed by atoms with E-state index in [1.54, 1.807) is 0 Å². The van der Waals surface area contributed by atoms with E-state index >= 15 is 0 Å². The molecule has 0 atom stereocenters. The number of hydrogen-bond acceptors (Lipinski definition) is 2. The highest BCUT2D eigenvalue weighted by molar-refractivity contribution is 6.34. The van der Waals surface area contributed by atoms with Crippen LogP contribution in [0.4, 0.5) is 0 Å². The van der Waals surface area contributed by atoms with Gasteiger partial charge in [0.2, 0.25) is 0 Å². The predicted octanol–water partition coefficient (Wildman–Crippen LogP) is 4.28. The van der Waals surface area contributed by atoms with Crippen molar-refractivity contribution in [3.05, 3.63) is 54.6 Å². The molecule has 0 bridgehead atoms. The maximum Gasteiger partial charge on any atom is 0.147 e. The minimum atomic E-state index is 0.721. The van der Waals surface area contributed by atoms with Crippen molar-refractivity contribution in [1.82, 2.24) is 0 Å². The SMILES string of the molecule is [B]c1ccc2oc3ccc4c5ccccc5oc4c3c2c1. The van der Waals surface area contributed by atoms with Gasteiger partial charge in [-0.2, -0.15) is 0 Å². The first kappa shape index (κ1) is 11.0. The summed E-state index contributed by atoms with van der Waals surface area (Å²) in [6, 6.07) is 17.8. The second-order valence-corrected chi connectivity index (χ2v) is 5.27. The van der Waals surface area contributed by atoms with Crippen LogP contribution < -0.4 is 5.46 Å². The van der Waals surface area contributed by atoms with Crippen LogP contribution in [0.15, 0.2) is 63.4 Å². The van der Waals surface area contributed by atoms with Crippen molar-refractivity contribution >= 4 is 57.2 Å². The normalized spacial score (nSPS) is 12.0. The molecule has 3 aromatic carbocycles. The van der Waals surface area contributed by atoms with Gasteiger partial charge in [-0.15, -0.1) is 0 Å². The monoisotopic (exact) mass is 268 g/mol. The second kappa shape index (κ2) is 3.70. The van der Waals surface area contributed by atoms with Crippen molar-refractivity contribution in [2.24, 2.45) is 0 Å². The minimum Gasteiger partial charge on any atom is -0.456 e. The molecule has 2 radical (unpaired) electrons. The van der Waals surface area contributed by atoms with Gasteiger partial charge >= 0.3 is 0 Å². The van der Waals surface area contributed by atoms with E-state index in [9.17, 15) is 0 Å². The van der Waals surface area contributed by atoms with Crippen molar-refractivity contribution in [1.29, 1.82) is 0 Å². The molecule has 0 aliphatic rings. The van der Waals surface area contributed by atoms with Gasteiger partial charge in [0.1, 0.15) is 30.2 Å². The lowest BCUT2D eigenvalue weighted by Crippen LogP contribution is -1.98. The minimum absolute atomic E-state index is 0.721. The largest absolute Gasteiger partial charge is 0.456 e. The van der Waals surface area contributed by atoms with Gasteiger partial charge in [0.25, 0.3) is 0 Å². The van der Waals surface area contributed by atoms with Crippen LogP contribution in [-0.4, -0.2) is 7.85 Å². The second-order valence-electron chi connectivity index (χ2n) is 5.27. The zero-order valence-electron chi connectivity index (χ0n) is 11.1. The van der Waals surface area contributed by atoms with E-state index in [0.29, 0.717) is 0 Å². The van der Waals surface area contributed by atoms with Gasteiger partial charge < -0.3 is 8.83 Å². The Morgan fingerprint density at radius 3 is 2.43 bits per heavy atom. The van der Waals surface area contributed by atoms with Gasteiger partial charge in [-0.1, -0.05) is 35.8 Å². The van der Waals surface area contributed by atoms with Gasteiger partial charge in [0.15, 0.2) is 0 Å². The van der Waals surface area contributed by atoms with E-state index in [2.05, 4.69) is 12.1 Å². The highest BCUT2D eigenvalue weighted by Crippen LogP contribution is 2.38. The fraction of sp³-hybridized carbons (Fsp3) is 0. The molecule has 0 unspecified atom stereocenters. The molecule has 0 N–H and O–H groups in total. The smallest absolute Gasteiger partial charge is 0.147 e. The van der Waals surface area contributed by atoms with Crippen LogP contribution in [0.25, 0.3) is 43.9 Å². The number of benzene rings is 3. The third-order valence-corrected chi connectivity index (χ3v) is 4.00. The molecule has 3 heteroatoms. The fourth-order valence-corrected chi connectivity index (χ4v) is 3.06. The average Bonchev–Trinajstić information content (AvgIpc) is 3.04. The first-order valence-corrected chi connectivity index (χ1v) is 6.83. The lowest BCUT2D eigenvalue weighted by Gasteiger charge is -1.93. The maximum atomic E-state index is 6.07. The van der Waals surface area contributed by atoms with Crippen LogP contribution in [0.5, 0.6) is 0 Å². The summed E-state index contributed by atoms with van der Waals surface area (Å²) in [5, 5.41) is 4.21. The third-order valence-electron chi connectivity index (χ3n) is 4.00. The van der Waals surface area contributed by atoms with E-state index < -0.39 is 0 Å². The third kappa shape index (κ3) is 1.38. The van der Waals surface area contributed by atoms with Crippen molar-refractivity contribution in [3.63, 3.8) is 0 Å². The molecule has 0 saturated carbocycles. The van der Waals surface area contributed by atoms with Crippen molar-refractivity contribution in [2.45, 2.75) is 0 Å². The van der Waals surface area contributed by atoms with Crippen LogP contribution in [-0.2, 0) is 0 Å².